The molecular formula is C30H26N4O6. The SMILES string of the molecule is COc1ccccc1NC(=O)Cn1c(=O)n(-c2ccc(C)cc2)c(=O)c2ccc(C(=O)NCc3ccco3)cc21. The van der Waals surface area contributed by atoms with Crippen molar-refractivity contribution in [2.45, 2.75) is 20.0 Å². The molecule has 10 heteroatoms. The van der Waals surface area contributed by atoms with Crippen LogP contribution in [0.3, 0.4) is 0 Å². The summed E-state index contributed by atoms with van der Waals surface area (Å²) in [6.45, 7) is 1.63. The maximum absolute atomic E-state index is 13.8. The summed E-state index contributed by atoms with van der Waals surface area (Å²) in [5, 5.41) is 5.68. The van der Waals surface area contributed by atoms with Crippen LogP contribution in [0.4, 0.5) is 5.69 Å². The molecule has 0 aliphatic carbocycles. The molecule has 0 saturated heterocycles. The Bertz CT molecular complexity index is 1820. The predicted octanol–water partition coefficient (Wildman–Crippen LogP) is 3.63. The minimum Gasteiger partial charge on any atom is -0.495 e. The molecule has 2 aromatic heterocycles. The molecule has 2 N–H and O–H groups in total. The van der Waals surface area contributed by atoms with Gasteiger partial charge in [-0.2, -0.15) is 0 Å². The summed E-state index contributed by atoms with van der Waals surface area (Å²) >= 11 is 0. The number of methoxy groups -OCH3 is 1. The fourth-order valence-electron chi connectivity index (χ4n) is 4.35. The second-order valence-corrected chi connectivity index (χ2v) is 9.09. The minimum absolute atomic E-state index is 0.152. The Hall–Kier alpha value is -5.38. The van der Waals surface area contributed by atoms with Crippen LogP contribution in [0.2, 0.25) is 0 Å². The number of para-hydroxylation sites is 2. The van der Waals surface area contributed by atoms with Crippen molar-refractivity contribution >= 4 is 28.4 Å². The van der Waals surface area contributed by atoms with Gasteiger partial charge in [-0.05, 0) is 61.5 Å². The van der Waals surface area contributed by atoms with Gasteiger partial charge in [0, 0.05) is 5.56 Å². The number of aryl methyl sites for hydroxylation is 1. The number of amides is 2. The Kier molecular flexibility index (Phi) is 7.32. The Morgan fingerprint density at radius 2 is 1.73 bits per heavy atom. The highest BCUT2D eigenvalue weighted by molar-refractivity contribution is 5.98. The van der Waals surface area contributed by atoms with Crippen LogP contribution in [0.1, 0.15) is 21.7 Å². The maximum atomic E-state index is 13.8. The van der Waals surface area contributed by atoms with Gasteiger partial charge in [0.15, 0.2) is 0 Å². The average Bonchev–Trinajstić information content (AvgIpc) is 3.49. The lowest BCUT2D eigenvalue weighted by molar-refractivity contribution is -0.116. The van der Waals surface area contributed by atoms with Crippen molar-refractivity contribution in [1.29, 1.82) is 0 Å². The topological polar surface area (TPSA) is 125 Å². The molecule has 0 saturated carbocycles. The normalized spacial score (nSPS) is 10.8. The van der Waals surface area contributed by atoms with Crippen LogP contribution < -0.4 is 26.6 Å². The van der Waals surface area contributed by atoms with Gasteiger partial charge >= 0.3 is 5.69 Å². The van der Waals surface area contributed by atoms with E-state index in [2.05, 4.69) is 10.6 Å². The van der Waals surface area contributed by atoms with Gasteiger partial charge in [0.05, 0.1) is 42.2 Å². The van der Waals surface area contributed by atoms with Crippen molar-refractivity contribution in [3.63, 3.8) is 0 Å². The summed E-state index contributed by atoms with van der Waals surface area (Å²) in [4.78, 5) is 53.4. The van der Waals surface area contributed by atoms with E-state index in [0.29, 0.717) is 22.9 Å². The fraction of sp³-hybridized carbons (Fsp3) is 0.133. The van der Waals surface area contributed by atoms with Crippen LogP contribution in [0.5, 0.6) is 5.75 Å². The van der Waals surface area contributed by atoms with E-state index in [-0.39, 0.29) is 23.0 Å². The monoisotopic (exact) mass is 538 g/mol. The van der Waals surface area contributed by atoms with Crippen LogP contribution in [0.25, 0.3) is 16.6 Å². The molecule has 2 amide bonds. The van der Waals surface area contributed by atoms with Crippen molar-refractivity contribution in [3.8, 4) is 11.4 Å². The van der Waals surface area contributed by atoms with Gasteiger partial charge in [0.25, 0.3) is 11.5 Å². The summed E-state index contributed by atoms with van der Waals surface area (Å²) in [5.74, 6) is 0.0707. The van der Waals surface area contributed by atoms with Crippen LogP contribution in [-0.4, -0.2) is 28.1 Å². The zero-order valence-corrected chi connectivity index (χ0v) is 21.8. The number of furan rings is 1. The largest absolute Gasteiger partial charge is 0.495 e. The highest BCUT2D eigenvalue weighted by Crippen LogP contribution is 2.23. The predicted molar refractivity (Wildman–Crippen MR) is 150 cm³/mol. The summed E-state index contributed by atoms with van der Waals surface area (Å²) in [7, 11) is 1.49. The molecule has 0 radical (unpaired) electrons. The van der Waals surface area contributed by atoms with Gasteiger partial charge in [0.2, 0.25) is 5.91 Å². The lowest BCUT2D eigenvalue weighted by atomic mass is 10.1. The molecule has 0 fully saturated rings. The molecule has 202 valence electrons. The van der Waals surface area contributed by atoms with Gasteiger partial charge in [-0.15, -0.1) is 0 Å². The quantitative estimate of drug-likeness (QED) is 0.311. The third-order valence-electron chi connectivity index (χ3n) is 6.38. The van der Waals surface area contributed by atoms with Crippen LogP contribution in [0.15, 0.2) is 99.1 Å². The molecule has 5 rings (SSSR count). The Labute approximate surface area is 228 Å². The van der Waals surface area contributed by atoms with Gasteiger partial charge in [-0.3, -0.25) is 19.0 Å². The molecule has 0 aliphatic heterocycles. The van der Waals surface area contributed by atoms with E-state index in [1.54, 1.807) is 60.7 Å². The molecule has 40 heavy (non-hydrogen) atoms. The zero-order valence-electron chi connectivity index (χ0n) is 21.8. The number of carbonyl (C=O) groups excluding carboxylic acids is 2. The van der Waals surface area contributed by atoms with E-state index in [4.69, 9.17) is 9.15 Å². The highest BCUT2D eigenvalue weighted by Gasteiger charge is 2.19. The number of hydrogen-bond acceptors (Lipinski definition) is 6. The first-order valence-electron chi connectivity index (χ1n) is 12.5. The number of ether oxygens (including phenoxy) is 1. The smallest absolute Gasteiger partial charge is 0.336 e. The van der Waals surface area contributed by atoms with Gasteiger partial charge in [-0.1, -0.05) is 29.8 Å². The van der Waals surface area contributed by atoms with Crippen LogP contribution >= 0.6 is 0 Å². The van der Waals surface area contributed by atoms with Crippen molar-refractivity contribution in [2.75, 3.05) is 12.4 Å². The molecule has 2 heterocycles. The second-order valence-electron chi connectivity index (χ2n) is 9.09. The fourth-order valence-corrected chi connectivity index (χ4v) is 4.35. The first kappa shape index (κ1) is 26.2. The molecule has 0 aliphatic rings. The summed E-state index contributed by atoms with van der Waals surface area (Å²) in [6, 6.07) is 21.7. The van der Waals surface area contributed by atoms with E-state index in [0.717, 1.165) is 10.1 Å². The number of rotatable bonds is 8. The van der Waals surface area contributed by atoms with Crippen molar-refractivity contribution in [2.24, 2.45) is 0 Å². The van der Waals surface area contributed by atoms with E-state index in [1.807, 2.05) is 6.92 Å². The van der Waals surface area contributed by atoms with Crippen molar-refractivity contribution in [3.05, 3.63) is 123 Å². The van der Waals surface area contributed by atoms with Crippen molar-refractivity contribution in [1.82, 2.24) is 14.5 Å². The maximum Gasteiger partial charge on any atom is 0.336 e. The van der Waals surface area contributed by atoms with Gasteiger partial charge in [0.1, 0.15) is 18.1 Å². The molecule has 10 nitrogen and oxygen atoms in total. The second kappa shape index (κ2) is 11.2. The first-order chi connectivity index (χ1) is 19.4. The number of benzene rings is 3. The summed E-state index contributed by atoms with van der Waals surface area (Å²) in [6.07, 6.45) is 1.51. The Morgan fingerprint density at radius 3 is 2.45 bits per heavy atom. The zero-order chi connectivity index (χ0) is 28.2. The minimum atomic E-state index is -0.718. The number of anilines is 1. The third-order valence-corrected chi connectivity index (χ3v) is 6.38. The van der Waals surface area contributed by atoms with E-state index < -0.39 is 29.6 Å². The Morgan fingerprint density at radius 1 is 0.950 bits per heavy atom. The van der Waals surface area contributed by atoms with Crippen LogP contribution in [-0.2, 0) is 17.9 Å². The van der Waals surface area contributed by atoms with Gasteiger partial charge in [-0.25, -0.2) is 9.36 Å². The molecule has 0 bridgehead atoms. The number of fused-ring (bicyclic) bond motifs is 1. The lowest BCUT2D eigenvalue weighted by Gasteiger charge is -2.16. The molecule has 0 atom stereocenters. The molecule has 3 aromatic carbocycles. The molecular weight excluding hydrogens is 512 g/mol. The first-order valence-corrected chi connectivity index (χ1v) is 12.5. The Balaban J connectivity index is 1.59. The summed E-state index contributed by atoms with van der Waals surface area (Å²) in [5.41, 5.74) is 0.833. The molecule has 5 aromatic rings. The van der Waals surface area contributed by atoms with Crippen molar-refractivity contribution < 1.29 is 18.7 Å². The number of nitrogens with one attached hydrogen (secondary N) is 2. The lowest BCUT2D eigenvalue weighted by Crippen LogP contribution is -2.41. The highest BCUT2D eigenvalue weighted by atomic mass is 16.5. The third kappa shape index (κ3) is 5.28. The van der Waals surface area contributed by atoms with E-state index in [1.165, 1.54) is 36.1 Å². The average molecular weight is 539 g/mol. The number of carbonyl (C=O) groups is 2. The molecule has 0 unspecified atom stereocenters. The number of hydrogen-bond donors (Lipinski definition) is 2. The standard InChI is InChI=1S/C30H26N4O6/c1-19-9-12-21(13-10-19)34-29(37)23-14-11-20(28(36)31-17-22-6-5-15-40-22)16-25(23)33(30(34)38)18-27(35)32-24-7-3-4-8-26(24)39-2/h3-16H,17-18H2,1-2H3,(H,31,36)(H,32,35). The van der Waals surface area contributed by atoms with E-state index >= 15 is 0 Å². The number of aromatic nitrogens is 2. The number of nitrogens with zero attached hydrogens (tertiary/aromatic N) is 2. The summed E-state index contributed by atoms with van der Waals surface area (Å²) < 4.78 is 12.8. The van der Waals surface area contributed by atoms with Crippen LogP contribution in [0, 0.1) is 6.92 Å². The molecule has 0 spiro atoms. The van der Waals surface area contributed by atoms with E-state index in [9.17, 15) is 19.2 Å². The van der Waals surface area contributed by atoms with Gasteiger partial charge < -0.3 is 19.8 Å².